The molecular formula is C5H11N3O. The van der Waals surface area contributed by atoms with Crippen LogP contribution in [0.5, 0.6) is 0 Å². The number of carbonyl (C=O) groups is 1. The maximum absolute atomic E-state index is 10.2. The van der Waals surface area contributed by atoms with Crippen molar-refractivity contribution < 1.29 is 4.79 Å². The van der Waals surface area contributed by atoms with Crippen LogP contribution < -0.4 is 11.1 Å². The molecule has 3 N–H and O–H groups in total. The van der Waals surface area contributed by atoms with Crippen molar-refractivity contribution in [3.8, 4) is 0 Å². The Hall–Kier alpha value is -0.610. The number of nitrogens with one attached hydrogen (secondary N) is 1. The Bertz CT molecular complexity index is 106. The van der Waals surface area contributed by atoms with E-state index in [1.807, 2.05) is 0 Å². The fraction of sp³-hybridized carbons (Fsp3) is 0.800. The molecule has 0 spiro atoms. The van der Waals surface area contributed by atoms with Crippen LogP contribution in [0.25, 0.3) is 0 Å². The van der Waals surface area contributed by atoms with Crippen molar-refractivity contribution >= 4 is 6.41 Å². The molecule has 1 fully saturated rings. The monoisotopic (exact) mass is 129 g/mol. The third-order valence-corrected chi connectivity index (χ3v) is 1.46. The minimum atomic E-state index is -0.128. The van der Waals surface area contributed by atoms with E-state index in [9.17, 15) is 4.79 Å². The Morgan fingerprint density at radius 1 is 1.78 bits per heavy atom. The van der Waals surface area contributed by atoms with E-state index in [4.69, 9.17) is 5.73 Å². The van der Waals surface area contributed by atoms with Gasteiger partial charge < -0.3 is 16.0 Å². The Kier molecular flexibility index (Phi) is 2.02. The van der Waals surface area contributed by atoms with Crippen LogP contribution >= 0.6 is 0 Å². The number of nitrogens with zero attached hydrogens (tertiary/aromatic N) is 1. The zero-order valence-corrected chi connectivity index (χ0v) is 5.21. The first kappa shape index (κ1) is 6.51. The lowest BCUT2D eigenvalue weighted by Crippen LogP contribution is -2.54. The predicted octanol–water partition coefficient (Wildman–Crippen LogP) is -1.67. The highest BCUT2D eigenvalue weighted by atomic mass is 16.1. The summed E-state index contributed by atoms with van der Waals surface area (Å²) in [5.41, 5.74) is 5.52. The van der Waals surface area contributed by atoms with Crippen molar-refractivity contribution in [2.45, 2.75) is 6.17 Å². The van der Waals surface area contributed by atoms with Gasteiger partial charge in [0, 0.05) is 19.6 Å². The number of rotatable bonds is 1. The molecule has 1 amide bonds. The van der Waals surface area contributed by atoms with E-state index in [0.717, 1.165) is 19.5 Å². The van der Waals surface area contributed by atoms with E-state index in [1.54, 1.807) is 4.90 Å². The molecule has 1 aliphatic heterocycles. The molecule has 1 heterocycles. The highest BCUT2D eigenvalue weighted by Crippen LogP contribution is 1.91. The Labute approximate surface area is 54.0 Å². The largest absolute Gasteiger partial charge is 0.327 e. The lowest BCUT2D eigenvalue weighted by Gasteiger charge is -2.29. The van der Waals surface area contributed by atoms with Crippen LogP contribution in [0, 0.1) is 0 Å². The second-order valence-corrected chi connectivity index (χ2v) is 2.11. The van der Waals surface area contributed by atoms with Gasteiger partial charge in [-0.05, 0) is 0 Å². The van der Waals surface area contributed by atoms with Crippen molar-refractivity contribution in [3.05, 3.63) is 0 Å². The second kappa shape index (κ2) is 2.80. The topological polar surface area (TPSA) is 58.4 Å². The summed E-state index contributed by atoms with van der Waals surface area (Å²) in [5.74, 6) is 0. The number of piperazine rings is 1. The molecule has 0 saturated carbocycles. The third kappa shape index (κ3) is 1.40. The van der Waals surface area contributed by atoms with Gasteiger partial charge in [-0.2, -0.15) is 0 Å². The average molecular weight is 129 g/mol. The first-order chi connectivity index (χ1) is 4.34. The van der Waals surface area contributed by atoms with Gasteiger partial charge in [0.05, 0.1) is 6.17 Å². The molecule has 0 aromatic carbocycles. The fourth-order valence-electron chi connectivity index (χ4n) is 0.872. The Morgan fingerprint density at radius 3 is 3.00 bits per heavy atom. The second-order valence-electron chi connectivity index (χ2n) is 2.11. The molecule has 1 aliphatic rings. The summed E-state index contributed by atoms with van der Waals surface area (Å²) < 4.78 is 0. The van der Waals surface area contributed by atoms with Crippen LogP contribution in [0.4, 0.5) is 0 Å². The SMILES string of the molecule is NC1CNCCN1C=O. The molecule has 0 aromatic heterocycles. The predicted molar refractivity (Wildman–Crippen MR) is 33.6 cm³/mol. The van der Waals surface area contributed by atoms with Gasteiger partial charge in [0.15, 0.2) is 0 Å². The molecule has 0 bridgehead atoms. The first-order valence-corrected chi connectivity index (χ1v) is 3.02. The lowest BCUT2D eigenvalue weighted by molar-refractivity contribution is -0.120. The Morgan fingerprint density at radius 2 is 2.56 bits per heavy atom. The van der Waals surface area contributed by atoms with Crippen LogP contribution in [0.1, 0.15) is 0 Å². The van der Waals surface area contributed by atoms with Gasteiger partial charge in [-0.25, -0.2) is 0 Å². The quantitative estimate of drug-likeness (QED) is 0.416. The molecular weight excluding hydrogens is 118 g/mol. The van der Waals surface area contributed by atoms with Crippen LogP contribution in [0.15, 0.2) is 0 Å². The van der Waals surface area contributed by atoms with Crippen LogP contribution in [-0.4, -0.2) is 37.1 Å². The van der Waals surface area contributed by atoms with Gasteiger partial charge in [-0.15, -0.1) is 0 Å². The smallest absolute Gasteiger partial charge is 0.211 e. The molecule has 0 radical (unpaired) electrons. The van der Waals surface area contributed by atoms with Gasteiger partial charge in [0.2, 0.25) is 6.41 Å². The summed E-state index contributed by atoms with van der Waals surface area (Å²) in [4.78, 5) is 11.8. The zero-order chi connectivity index (χ0) is 6.69. The lowest BCUT2D eigenvalue weighted by atomic mass is 10.3. The molecule has 9 heavy (non-hydrogen) atoms. The van der Waals surface area contributed by atoms with Crippen molar-refractivity contribution in [3.63, 3.8) is 0 Å². The molecule has 4 nitrogen and oxygen atoms in total. The molecule has 1 rings (SSSR count). The summed E-state index contributed by atoms with van der Waals surface area (Å²) >= 11 is 0. The molecule has 4 heteroatoms. The van der Waals surface area contributed by atoms with Crippen molar-refractivity contribution in [1.82, 2.24) is 10.2 Å². The van der Waals surface area contributed by atoms with Crippen molar-refractivity contribution in [2.75, 3.05) is 19.6 Å². The van der Waals surface area contributed by atoms with Gasteiger partial charge in [-0.3, -0.25) is 4.79 Å². The van der Waals surface area contributed by atoms with E-state index in [0.29, 0.717) is 6.54 Å². The molecule has 0 aromatic rings. The number of hydrogen-bond donors (Lipinski definition) is 2. The highest BCUT2D eigenvalue weighted by molar-refractivity contribution is 5.47. The van der Waals surface area contributed by atoms with E-state index >= 15 is 0 Å². The number of amides is 1. The Balaban J connectivity index is 2.38. The van der Waals surface area contributed by atoms with Gasteiger partial charge in [0.25, 0.3) is 0 Å². The maximum Gasteiger partial charge on any atom is 0.211 e. The minimum Gasteiger partial charge on any atom is -0.327 e. The molecule has 1 unspecified atom stereocenters. The maximum atomic E-state index is 10.2. The van der Waals surface area contributed by atoms with Gasteiger partial charge in [0.1, 0.15) is 0 Å². The van der Waals surface area contributed by atoms with Crippen molar-refractivity contribution in [1.29, 1.82) is 0 Å². The summed E-state index contributed by atoms with van der Waals surface area (Å²) in [6.45, 7) is 2.29. The standard InChI is InChI=1S/C5H11N3O/c6-5-3-7-1-2-8(5)4-9/h4-5,7H,1-3,6H2. The van der Waals surface area contributed by atoms with E-state index in [1.165, 1.54) is 0 Å². The van der Waals surface area contributed by atoms with E-state index in [-0.39, 0.29) is 6.17 Å². The van der Waals surface area contributed by atoms with Crippen LogP contribution in [-0.2, 0) is 4.79 Å². The normalized spacial score (nSPS) is 28.1. The third-order valence-electron chi connectivity index (χ3n) is 1.46. The minimum absolute atomic E-state index is 0.128. The van der Waals surface area contributed by atoms with E-state index < -0.39 is 0 Å². The van der Waals surface area contributed by atoms with Crippen LogP contribution in [0.2, 0.25) is 0 Å². The molecule has 0 aliphatic carbocycles. The van der Waals surface area contributed by atoms with Crippen LogP contribution in [0.3, 0.4) is 0 Å². The van der Waals surface area contributed by atoms with Gasteiger partial charge in [-0.1, -0.05) is 0 Å². The number of hydrogen-bond acceptors (Lipinski definition) is 3. The first-order valence-electron chi connectivity index (χ1n) is 3.02. The fourth-order valence-corrected chi connectivity index (χ4v) is 0.872. The summed E-state index contributed by atoms with van der Waals surface area (Å²) in [6, 6.07) is 0. The highest BCUT2D eigenvalue weighted by Gasteiger charge is 2.14. The summed E-state index contributed by atoms with van der Waals surface area (Å²) in [5, 5.41) is 3.07. The summed E-state index contributed by atoms with van der Waals surface area (Å²) in [7, 11) is 0. The molecule has 1 atom stereocenters. The zero-order valence-electron chi connectivity index (χ0n) is 5.21. The van der Waals surface area contributed by atoms with Crippen molar-refractivity contribution in [2.24, 2.45) is 5.73 Å². The average Bonchev–Trinajstić information content (AvgIpc) is 1.89. The number of carbonyl (C=O) groups excluding carboxylic acids is 1. The summed E-state index contributed by atoms with van der Waals surface area (Å²) in [6.07, 6.45) is 0.669. The molecule has 52 valence electrons. The van der Waals surface area contributed by atoms with E-state index in [2.05, 4.69) is 5.32 Å². The number of nitrogens with two attached hydrogens (primary N) is 1. The molecule has 1 saturated heterocycles. The van der Waals surface area contributed by atoms with Gasteiger partial charge >= 0.3 is 0 Å².